The minimum atomic E-state index is -4.81. The largest absolute Gasteiger partial charge is 0.491 e. The number of halogens is 3. The molecule has 0 saturated carbocycles. The highest BCUT2D eigenvalue weighted by Crippen LogP contribution is 2.35. The molecule has 3 aromatic rings. The molecule has 2 heterocycles. The normalized spacial score (nSPS) is 16.3. The SMILES string of the molecule is CC(O)(COc1ccc(OCCOCCOCCOCCOc2cccc3c2C(=O)N(C2CCC(=O)NC2=O)C3=O)cc1)C(=O)Nc1ccc(C#N)c(C(F)(F)F)c1. The molecule has 0 spiro atoms. The number of ether oxygens (including phenoxy) is 6. The summed E-state index contributed by atoms with van der Waals surface area (Å²) in [5, 5.41) is 23.9. The highest BCUT2D eigenvalue weighted by molar-refractivity contribution is 6.24. The number of aliphatic hydroxyl groups is 1. The molecule has 0 bridgehead atoms. The second-order valence-electron chi connectivity index (χ2n) is 13.0. The minimum Gasteiger partial charge on any atom is -0.491 e. The number of benzene rings is 3. The summed E-state index contributed by atoms with van der Waals surface area (Å²) in [7, 11) is 0. The zero-order chi connectivity index (χ0) is 41.9. The van der Waals surface area contributed by atoms with E-state index in [2.05, 4.69) is 10.6 Å². The third-order valence-corrected chi connectivity index (χ3v) is 8.69. The van der Waals surface area contributed by atoms with Crippen molar-refractivity contribution in [2.75, 3.05) is 64.8 Å². The number of nitriles is 1. The molecule has 3 aromatic carbocycles. The molecule has 3 N–H and O–H groups in total. The van der Waals surface area contributed by atoms with Gasteiger partial charge in [0.15, 0.2) is 5.60 Å². The standard InChI is InChI=1S/C39H39F3N4O12/c1-38(52,37(51)44-25-6-5-24(22-43)29(21-25)39(40,41)42)23-58-27-9-7-26(8-10-27)56-19-17-54-15-13-53-14-16-55-18-20-57-31-4-2-3-28-33(31)36(50)46(35(28)49)30-11-12-32(47)45-34(30)48/h2-10,21,30,52H,11-20,23H2,1H3,(H,44,51)(H,45,47,48). The Labute approximate surface area is 329 Å². The second-order valence-corrected chi connectivity index (χ2v) is 13.0. The number of piperidine rings is 1. The van der Waals surface area contributed by atoms with Gasteiger partial charge in [0.25, 0.3) is 17.7 Å². The van der Waals surface area contributed by atoms with Crippen molar-refractivity contribution in [1.29, 1.82) is 5.26 Å². The van der Waals surface area contributed by atoms with Gasteiger partial charge in [0.05, 0.1) is 68.0 Å². The van der Waals surface area contributed by atoms with E-state index >= 15 is 0 Å². The van der Waals surface area contributed by atoms with E-state index in [4.69, 9.17) is 33.7 Å². The van der Waals surface area contributed by atoms with Crippen molar-refractivity contribution in [2.45, 2.75) is 37.6 Å². The Balaban J connectivity index is 0.899. The fourth-order valence-electron chi connectivity index (χ4n) is 5.72. The molecule has 2 aliphatic rings. The topological polar surface area (TPSA) is 212 Å². The monoisotopic (exact) mass is 812 g/mol. The van der Waals surface area contributed by atoms with Gasteiger partial charge in [0.2, 0.25) is 11.8 Å². The number of hydrogen-bond acceptors (Lipinski definition) is 13. The van der Waals surface area contributed by atoms with Gasteiger partial charge in [-0.25, -0.2) is 0 Å². The maximum absolute atomic E-state index is 13.2. The van der Waals surface area contributed by atoms with E-state index in [9.17, 15) is 42.3 Å². The van der Waals surface area contributed by atoms with E-state index in [0.717, 1.165) is 24.0 Å². The lowest BCUT2D eigenvalue weighted by molar-refractivity contribution is -0.138. The van der Waals surface area contributed by atoms with Crippen LogP contribution in [0.2, 0.25) is 0 Å². The lowest BCUT2D eigenvalue weighted by Crippen LogP contribution is -2.54. The van der Waals surface area contributed by atoms with Crippen molar-refractivity contribution < 1.29 is 70.7 Å². The van der Waals surface area contributed by atoms with Crippen molar-refractivity contribution in [3.63, 3.8) is 0 Å². The molecule has 58 heavy (non-hydrogen) atoms. The van der Waals surface area contributed by atoms with E-state index < -0.39 is 65.1 Å². The van der Waals surface area contributed by atoms with E-state index in [1.54, 1.807) is 24.3 Å². The lowest BCUT2D eigenvalue weighted by Gasteiger charge is -2.27. The first-order valence-electron chi connectivity index (χ1n) is 17.9. The summed E-state index contributed by atoms with van der Waals surface area (Å²) >= 11 is 0. The molecule has 0 aliphatic carbocycles. The fraction of sp³-hybridized carbons (Fsp3) is 0.385. The molecule has 308 valence electrons. The smallest absolute Gasteiger partial charge is 0.417 e. The van der Waals surface area contributed by atoms with Crippen LogP contribution in [0, 0.1) is 11.3 Å². The van der Waals surface area contributed by atoms with Gasteiger partial charge < -0.3 is 38.8 Å². The summed E-state index contributed by atoms with van der Waals surface area (Å²) in [5.41, 5.74) is -4.01. The van der Waals surface area contributed by atoms with E-state index in [0.29, 0.717) is 25.0 Å². The van der Waals surface area contributed by atoms with Crippen LogP contribution >= 0.6 is 0 Å². The summed E-state index contributed by atoms with van der Waals surface area (Å²) < 4.78 is 73.1. The number of hydrogen-bond donors (Lipinski definition) is 3. The molecule has 1 saturated heterocycles. The van der Waals surface area contributed by atoms with Gasteiger partial charge >= 0.3 is 6.18 Å². The highest BCUT2D eigenvalue weighted by atomic mass is 19.4. The van der Waals surface area contributed by atoms with E-state index in [1.165, 1.54) is 24.3 Å². The number of amides is 5. The number of rotatable bonds is 20. The molecule has 2 aliphatic heterocycles. The Kier molecular flexibility index (Phi) is 14.4. The average Bonchev–Trinajstić information content (AvgIpc) is 3.44. The molecule has 19 heteroatoms. The summed E-state index contributed by atoms with van der Waals surface area (Å²) in [5.74, 6) is -2.48. The highest BCUT2D eigenvalue weighted by Gasteiger charge is 2.46. The zero-order valence-electron chi connectivity index (χ0n) is 31.1. The lowest BCUT2D eigenvalue weighted by atomic mass is 10.0. The third kappa shape index (κ3) is 11.1. The number of anilines is 1. The van der Waals surface area contributed by atoms with Crippen LogP contribution in [0.15, 0.2) is 60.7 Å². The first-order valence-corrected chi connectivity index (χ1v) is 17.9. The molecule has 5 amide bonds. The van der Waals surface area contributed by atoms with Gasteiger partial charge in [-0.3, -0.25) is 34.2 Å². The Bertz CT molecular complexity index is 2030. The van der Waals surface area contributed by atoms with Crippen LogP contribution in [0.5, 0.6) is 17.2 Å². The Morgan fingerprint density at radius 3 is 2.07 bits per heavy atom. The molecular weight excluding hydrogens is 773 g/mol. The number of nitrogens with zero attached hydrogens (tertiary/aromatic N) is 2. The first-order chi connectivity index (χ1) is 27.7. The predicted octanol–water partition coefficient (Wildman–Crippen LogP) is 3.25. The fourth-order valence-corrected chi connectivity index (χ4v) is 5.72. The van der Waals surface area contributed by atoms with Crippen LogP contribution in [0.25, 0.3) is 0 Å². The maximum atomic E-state index is 13.2. The van der Waals surface area contributed by atoms with Gasteiger partial charge in [-0.05, 0) is 67.9 Å². The van der Waals surface area contributed by atoms with Crippen molar-refractivity contribution in [3.05, 3.63) is 82.9 Å². The van der Waals surface area contributed by atoms with Crippen LogP contribution in [0.4, 0.5) is 18.9 Å². The average molecular weight is 813 g/mol. The molecule has 1 fully saturated rings. The molecule has 5 rings (SSSR count). The van der Waals surface area contributed by atoms with Crippen LogP contribution in [-0.4, -0.2) is 111 Å². The number of imide groups is 2. The summed E-state index contributed by atoms with van der Waals surface area (Å²) in [4.78, 5) is 63.3. The second kappa shape index (κ2) is 19.4. The van der Waals surface area contributed by atoms with Gasteiger partial charge in [0, 0.05) is 12.1 Å². The molecule has 0 aromatic heterocycles. The summed E-state index contributed by atoms with van der Waals surface area (Å²) in [6.07, 6.45) is -4.74. The first kappa shape index (κ1) is 43.1. The molecule has 16 nitrogen and oxygen atoms in total. The zero-order valence-corrected chi connectivity index (χ0v) is 31.1. The quantitative estimate of drug-likeness (QED) is 0.111. The maximum Gasteiger partial charge on any atom is 0.417 e. The molecular formula is C39H39F3N4O12. The van der Waals surface area contributed by atoms with Crippen molar-refractivity contribution in [3.8, 4) is 23.3 Å². The van der Waals surface area contributed by atoms with Gasteiger partial charge in [-0.15, -0.1) is 0 Å². The Hall–Kier alpha value is -6.07. The molecule has 2 atom stereocenters. The van der Waals surface area contributed by atoms with Gasteiger partial charge in [0.1, 0.15) is 43.1 Å². The molecule has 0 radical (unpaired) electrons. The number of nitrogens with one attached hydrogen (secondary N) is 2. The van der Waals surface area contributed by atoms with E-state index in [-0.39, 0.29) is 80.8 Å². The van der Waals surface area contributed by atoms with Gasteiger partial charge in [-0.1, -0.05) is 6.07 Å². The Morgan fingerprint density at radius 1 is 0.862 bits per heavy atom. The van der Waals surface area contributed by atoms with Crippen molar-refractivity contribution in [2.24, 2.45) is 0 Å². The van der Waals surface area contributed by atoms with Crippen molar-refractivity contribution >= 4 is 35.2 Å². The Morgan fingerprint density at radius 2 is 1.47 bits per heavy atom. The van der Waals surface area contributed by atoms with Crippen LogP contribution < -0.4 is 24.8 Å². The van der Waals surface area contributed by atoms with Crippen molar-refractivity contribution in [1.82, 2.24) is 10.2 Å². The summed E-state index contributed by atoms with van der Waals surface area (Å²) in [6.45, 7) is 2.50. The number of fused-ring (bicyclic) bond motifs is 1. The summed E-state index contributed by atoms with van der Waals surface area (Å²) in [6, 6.07) is 13.9. The number of carbonyl (C=O) groups excluding carboxylic acids is 5. The minimum absolute atomic E-state index is 0.0207. The predicted molar refractivity (Wildman–Crippen MR) is 194 cm³/mol. The number of alkyl halides is 3. The van der Waals surface area contributed by atoms with Gasteiger partial charge in [-0.2, -0.15) is 18.4 Å². The molecule has 2 unspecified atom stereocenters. The van der Waals surface area contributed by atoms with E-state index in [1.807, 2.05) is 0 Å². The van der Waals surface area contributed by atoms with Crippen LogP contribution in [0.1, 0.15) is 51.6 Å². The third-order valence-electron chi connectivity index (χ3n) is 8.69. The number of carbonyl (C=O) groups is 5. The van der Waals surface area contributed by atoms with Crippen LogP contribution in [-0.2, 0) is 34.8 Å². The van der Waals surface area contributed by atoms with Crippen LogP contribution in [0.3, 0.4) is 0 Å².